The van der Waals surface area contributed by atoms with Gasteiger partial charge in [-0.2, -0.15) is 0 Å². The van der Waals surface area contributed by atoms with E-state index in [1.807, 2.05) is 24.3 Å². The number of rotatable bonds is 5. The lowest BCUT2D eigenvalue weighted by molar-refractivity contribution is 0.620. The average molecular weight is 298 g/mol. The largest absolute Gasteiger partial charge is 0.309 e. The summed E-state index contributed by atoms with van der Waals surface area (Å²) in [6.07, 6.45) is 0. The molecule has 2 aromatic carbocycles. The molecule has 0 unspecified atom stereocenters. The first-order valence-electron chi connectivity index (χ1n) is 5.97. The first-order chi connectivity index (χ1) is 9.19. The summed E-state index contributed by atoms with van der Waals surface area (Å²) >= 11 is 11.4. The van der Waals surface area contributed by atoms with Gasteiger partial charge in [0.2, 0.25) is 0 Å². The monoisotopic (exact) mass is 297 g/mol. The van der Waals surface area contributed by atoms with Crippen molar-refractivity contribution in [3.8, 4) is 0 Å². The quantitative estimate of drug-likeness (QED) is 0.801. The topological polar surface area (TPSA) is 12.0 Å². The number of alkyl halides is 1. The normalized spacial score (nSPS) is 10.7. The smallest absolute Gasteiger partial charge is 0.142 e. The van der Waals surface area contributed by atoms with Gasteiger partial charge in [-0.3, -0.25) is 0 Å². The molecule has 0 saturated heterocycles. The fourth-order valence-corrected chi connectivity index (χ4v) is 2.11. The van der Waals surface area contributed by atoms with E-state index in [0.29, 0.717) is 12.4 Å². The molecular weight excluding hydrogens is 284 g/mol. The van der Waals surface area contributed by atoms with Crippen LogP contribution in [0.15, 0.2) is 42.5 Å². The molecule has 100 valence electrons. The minimum atomic E-state index is -0.384. The third-order valence-electron chi connectivity index (χ3n) is 2.79. The number of halogens is 3. The lowest BCUT2D eigenvalue weighted by Crippen LogP contribution is -2.12. The van der Waals surface area contributed by atoms with Gasteiger partial charge in [0.05, 0.1) is 5.02 Å². The highest BCUT2D eigenvalue weighted by molar-refractivity contribution is 6.30. The zero-order chi connectivity index (χ0) is 13.7. The summed E-state index contributed by atoms with van der Waals surface area (Å²) in [7, 11) is 0. The highest BCUT2D eigenvalue weighted by Crippen LogP contribution is 2.15. The van der Waals surface area contributed by atoms with Gasteiger partial charge in [0.15, 0.2) is 0 Å². The zero-order valence-electron chi connectivity index (χ0n) is 10.3. The van der Waals surface area contributed by atoms with Crippen LogP contribution in [-0.4, -0.2) is 0 Å². The van der Waals surface area contributed by atoms with Gasteiger partial charge < -0.3 is 5.32 Å². The number of hydrogen-bond acceptors (Lipinski definition) is 1. The Morgan fingerprint density at radius 1 is 0.947 bits per heavy atom. The van der Waals surface area contributed by atoms with E-state index < -0.39 is 0 Å². The summed E-state index contributed by atoms with van der Waals surface area (Å²) in [6, 6.07) is 12.9. The Kier molecular flexibility index (Phi) is 5.20. The van der Waals surface area contributed by atoms with Crippen LogP contribution in [0.2, 0.25) is 5.02 Å². The molecule has 0 aliphatic rings. The minimum Gasteiger partial charge on any atom is -0.309 e. The Morgan fingerprint density at radius 3 is 2.32 bits per heavy atom. The van der Waals surface area contributed by atoms with Crippen molar-refractivity contribution in [3.05, 3.63) is 70.0 Å². The molecule has 0 aromatic heterocycles. The van der Waals surface area contributed by atoms with E-state index in [4.69, 9.17) is 23.2 Å². The van der Waals surface area contributed by atoms with E-state index in [1.165, 1.54) is 6.07 Å². The van der Waals surface area contributed by atoms with Crippen LogP contribution in [0.25, 0.3) is 0 Å². The van der Waals surface area contributed by atoms with Crippen LogP contribution in [0.5, 0.6) is 0 Å². The van der Waals surface area contributed by atoms with E-state index in [-0.39, 0.29) is 10.8 Å². The van der Waals surface area contributed by atoms with Gasteiger partial charge in [0.1, 0.15) is 5.82 Å². The molecule has 2 aromatic rings. The molecule has 0 radical (unpaired) electrons. The molecule has 0 amide bonds. The summed E-state index contributed by atoms with van der Waals surface area (Å²) < 4.78 is 13.3. The van der Waals surface area contributed by atoms with Crippen molar-refractivity contribution < 1.29 is 4.39 Å². The predicted octanol–water partition coefficient (Wildman–Crippen LogP) is 4.51. The summed E-state index contributed by atoms with van der Waals surface area (Å²) in [6.45, 7) is 1.31. The fraction of sp³-hybridized carbons (Fsp3) is 0.200. The molecule has 0 spiro atoms. The molecule has 1 nitrogen and oxygen atoms in total. The maximum Gasteiger partial charge on any atom is 0.142 e. The summed E-state index contributed by atoms with van der Waals surface area (Å²) in [5.41, 5.74) is 3.13. The number of hydrogen-bond donors (Lipinski definition) is 1. The van der Waals surface area contributed by atoms with Crippen molar-refractivity contribution >= 4 is 23.2 Å². The van der Waals surface area contributed by atoms with Gasteiger partial charge in [-0.1, -0.05) is 41.9 Å². The maximum atomic E-state index is 13.3. The molecule has 0 fully saturated rings. The third kappa shape index (κ3) is 4.20. The Morgan fingerprint density at radius 2 is 1.63 bits per heavy atom. The van der Waals surface area contributed by atoms with Gasteiger partial charge in [0.25, 0.3) is 0 Å². The highest BCUT2D eigenvalue weighted by atomic mass is 35.5. The van der Waals surface area contributed by atoms with Gasteiger partial charge in [-0.25, -0.2) is 4.39 Å². The zero-order valence-corrected chi connectivity index (χ0v) is 11.8. The Balaban J connectivity index is 1.90. The lowest BCUT2D eigenvalue weighted by atomic mass is 10.1. The van der Waals surface area contributed by atoms with E-state index in [1.54, 1.807) is 6.07 Å². The summed E-state index contributed by atoms with van der Waals surface area (Å²) in [5.74, 6) is 0.126. The molecular formula is C15H14Cl2FN. The molecule has 1 N–H and O–H groups in total. The van der Waals surface area contributed by atoms with Gasteiger partial charge in [-0.15, -0.1) is 11.6 Å². The second-order valence-corrected chi connectivity index (χ2v) is 4.98. The molecule has 0 atom stereocenters. The van der Waals surface area contributed by atoms with Gasteiger partial charge in [-0.05, 0) is 28.8 Å². The van der Waals surface area contributed by atoms with E-state index in [0.717, 1.165) is 23.2 Å². The van der Waals surface area contributed by atoms with Crippen LogP contribution in [0.4, 0.5) is 4.39 Å². The summed E-state index contributed by atoms with van der Waals surface area (Å²) in [4.78, 5) is 0. The van der Waals surface area contributed by atoms with E-state index in [2.05, 4.69) is 11.4 Å². The van der Waals surface area contributed by atoms with Crippen LogP contribution in [0, 0.1) is 5.82 Å². The van der Waals surface area contributed by atoms with E-state index >= 15 is 0 Å². The van der Waals surface area contributed by atoms with Crippen LogP contribution in [0.1, 0.15) is 16.7 Å². The van der Waals surface area contributed by atoms with Crippen LogP contribution in [-0.2, 0) is 19.0 Å². The van der Waals surface area contributed by atoms with Crippen molar-refractivity contribution in [2.45, 2.75) is 19.0 Å². The first kappa shape index (κ1) is 14.3. The van der Waals surface area contributed by atoms with Crippen molar-refractivity contribution in [3.63, 3.8) is 0 Å². The average Bonchev–Trinajstić information content (AvgIpc) is 2.43. The number of benzene rings is 2. The van der Waals surface area contributed by atoms with Crippen LogP contribution in [0.3, 0.4) is 0 Å². The third-order valence-corrected chi connectivity index (χ3v) is 3.40. The number of nitrogens with one attached hydrogen (secondary N) is 1. The molecule has 0 aliphatic carbocycles. The summed E-state index contributed by atoms with van der Waals surface area (Å²) in [5, 5.41) is 3.41. The first-order valence-corrected chi connectivity index (χ1v) is 6.88. The highest BCUT2D eigenvalue weighted by Gasteiger charge is 2.01. The predicted molar refractivity (Wildman–Crippen MR) is 78.0 cm³/mol. The minimum absolute atomic E-state index is 0.151. The molecule has 0 saturated carbocycles. The van der Waals surface area contributed by atoms with Gasteiger partial charge >= 0.3 is 0 Å². The molecule has 19 heavy (non-hydrogen) atoms. The van der Waals surface area contributed by atoms with Crippen molar-refractivity contribution in [2.75, 3.05) is 0 Å². The van der Waals surface area contributed by atoms with Gasteiger partial charge in [0, 0.05) is 19.0 Å². The Bertz CT molecular complexity index is 558. The molecule has 0 heterocycles. The maximum absolute atomic E-state index is 13.3. The second kappa shape index (κ2) is 6.90. The van der Waals surface area contributed by atoms with Crippen molar-refractivity contribution in [1.82, 2.24) is 5.32 Å². The SMILES string of the molecule is Fc1cc(CNCc2cccc(CCl)c2)ccc1Cl. The second-order valence-electron chi connectivity index (χ2n) is 4.31. The molecule has 2 rings (SSSR count). The Labute approximate surface area is 122 Å². The van der Waals surface area contributed by atoms with Crippen molar-refractivity contribution in [2.24, 2.45) is 0 Å². The lowest BCUT2D eigenvalue weighted by Gasteiger charge is -2.07. The fourth-order valence-electron chi connectivity index (χ4n) is 1.82. The standard InChI is InChI=1S/C15H14Cl2FN/c16-8-11-2-1-3-12(6-11)9-19-10-13-4-5-14(17)15(18)7-13/h1-7,19H,8-10H2. The van der Waals surface area contributed by atoms with E-state index in [9.17, 15) is 4.39 Å². The van der Waals surface area contributed by atoms with Crippen LogP contribution < -0.4 is 5.32 Å². The Hall–Kier alpha value is -1.09. The molecule has 4 heteroatoms. The van der Waals surface area contributed by atoms with Crippen LogP contribution >= 0.6 is 23.2 Å². The van der Waals surface area contributed by atoms with Crippen molar-refractivity contribution in [1.29, 1.82) is 0 Å². The molecule has 0 bridgehead atoms. The molecule has 0 aliphatic heterocycles.